The molecule has 0 bridgehead atoms. The lowest BCUT2D eigenvalue weighted by Gasteiger charge is -2.12. The number of aryl methyl sites for hydroxylation is 1. The van der Waals surface area contributed by atoms with Gasteiger partial charge in [-0.1, -0.05) is 19.1 Å². The molecule has 0 spiro atoms. The highest BCUT2D eigenvalue weighted by Gasteiger charge is 2.26. The molecule has 5 heteroatoms. The first kappa shape index (κ1) is 14.5. The summed E-state index contributed by atoms with van der Waals surface area (Å²) in [6.07, 6.45) is 4.63. The zero-order valence-electron chi connectivity index (χ0n) is 14.0. The lowest BCUT2D eigenvalue weighted by molar-refractivity contribution is -0.476. The van der Waals surface area contributed by atoms with Gasteiger partial charge in [0.15, 0.2) is 5.82 Å². The summed E-state index contributed by atoms with van der Waals surface area (Å²) in [6.45, 7) is 6.15. The van der Waals surface area contributed by atoms with E-state index in [0.717, 1.165) is 45.9 Å². The number of aromatic nitrogens is 4. The zero-order chi connectivity index (χ0) is 16.8. The number of pyridine rings is 1. The number of nitriles is 1. The van der Waals surface area contributed by atoms with Crippen LogP contribution in [0.15, 0.2) is 36.7 Å². The van der Waals surface area contributed by atoms with E-state index in [0.29, 0.717) is 5.56 Å². The monoisotopic (exact) mass is 316 g/mol. The number of hydrogen-bond acceptors (Lipinski definition) is 2. The van der Waals surface area contributed by atoms with E-state index in [1.165, 1.54) is 0 Å². The van der Waals surface area contributed by atoms with E-state index < -0.39 is 0 Å². The Kier molecular flexibility index (Phi) is 3.14. The van der Waals surface area contributed by atoms with Gasteiger partial charge in [0.05, 0.1) is 12.4 Å². The van der Waals surface area contributed by atoms with Crippen molar-refractivity contribution in [2.24, 2.45) is 0 Å². The van der Waals surface area contributed by atoms with Crippen molar-refractivity contribution in [1.82, 2.24) is 14.5 Å². The number of hydrogen-bond donors (Lipinski definition) is 1. The minimum absolute atomic E-state index is 0.699. The van der Waals surface area contributed by atoms with Crippen LogP contribution in [0.25, 0.3) is 22.5 Å². The van der Waals surface area contributed by atoms with Crippen molar-refractivity contribution in [2.45, 2.75) is 27.2 Å². The third kappa shape index (κ3) is 1.80. The second-order valence-electron chi connectivity index (χ2n) is 5.94. The Labute approximate surface area is 139 Å². The number of H-pyrrole nitrogens is 1. The third-order valence-electron chi connectivity index (χ3n) is 4.69. The molecule has 24 heavy (non-hydrogen) atoms. The summed E-state index contributed by atoms with van der Waals surface area (Å²) in [4.78, 5) is 7.80. The zero-order valence-corrected chi connectivity index (χ0v) is 14.0. The van der Waals surface area contributed by atoms with Crippen LogP contribution in [0.3, 0.4) is 0 Å². The van der Waals surface area contributed by atoms with Gasteiger partial charge in [0.2, 0.25) is 11.5 Å². The summed E-state index contributed by atoms with van der Waals surface area (Å²) in [5.74, 6) is 1.98. The lowest BCUT2D eigenvalue weighted by atomic mass is 10.0. The van der Waals surface area contributed by atoms with Crippen LogP contribution in [0.5, 0.6) is 0 Å². The Morgan fingerprint density at radius 1 is 1.29 bits per heavy atom. The normalized spacial score (nSPS) is 11.2. The van der Waals surface area contributed by atoms with Gasteiger partial charge in [-0.15, -0.1) is 0 Å². The molecule has 0 atom stereocenters. The van der Waals surface area contributed by atoms with E-state index in [1.54, 1.807) is 0 Å². The van der Waals surface area contributed by atoms with Crippen LogP contribution in [0, 0.1) is 25.2 Å². The van der Waals surface area contributed by atoms with E-state index in [9.17, 15) is 5.26 Å². The highest BCUT2D eigenvalue weighted by atomic mass is 15.2. The number of benzene rings is 1. The molecule has 0 fully saturated rings. The lowest BCUT2D eigenvalue weighted by Crippen LogP contribution is -2.31. The van der Waals surface area contributed by atoms with E-state index >= 15 is 0 Å². The highest BCUT2D eigenvalue weighted by Crippen LogP contribution is 2.25. The van der Waals surface area contributed by atoms with Crippen molar-refractivity contribution >= 4 is 16.7 Å². The molecule has 1 N–H and O–H groups in total. The third-order valence-corrected chi connectivity index (χ3v) is 4.69. The molecule has 0 saturated heterocycles. The summed E-state index contributed by atoms with van der Waals surface area (Å²) >= 11 is 0. The second-order valence-corrected chi connectivity index (χ2v) is 5.94. The number of imidazole rings is 2. The predicted octanol–water partition coefficient (Wildman–Crippen LogP) is 3.14. The Morgan fingerprint density at radius 2 is 2.08 bits per heavy atom. The average molecular weight is 316 g/mol. The van der Waals surface area contributed by atoms with Crippen molar-refractivity contribution < 1.29 is 4.40 Å². The standard InChI is InChI=1S/C19H17N5/c1-4-14-12(2)15(11-20)18-22-16-7-5-6-8-17(16)24(18)19(14)23-10-9-21-13(23)3/h5-10H,4H2,1-3H3/p+1. The number of nitrogens with one attached hydrogen (secondary N) is 1. The van der Waals surface area contributed by atoms with E-state index in [-0.39, 0.29) is 0 Å². The van der Waals surface area contributed by atoms with Crippen molar-refractivity contribution in [2.75, 3.05) is 0 Å². The summed E-state index contributed by atoms with van der Waals surface area (Å²) < 4.78 is 4.24. The maximum Gasteiger partial charge on any atom is 0.250 e. The molecule has 3 heterocycles. The van der Waals surface area contributed by atoms with Gasteiger partial charge in [0.25, 0.3) is 0 Å². The van der Waals surface area contributed by atoms with Gasteiger partial charge in [-0.2, -0.15) is 9.66 Å². The fourth-order valence-corrected chi connectivity index (χ4v) is 3.52. The van der Waals surface area contributed by atoms with Gasteiger partial charge in [-0.05, 0) is 31.0 Å². The fourth-order valence-electron chi connectivity index (χ4n) is 3.52. The molecule has 118 valence electrons. The molecule has 4 rings (SSSR count). The van der Waals surface area contributed by atoms with Crippen LogP contribution in [-0.4, -0.2) is 14.5 Å². The Balaban J connectivity index is 2.33. The van der Waals surface area contributed by atoms with Crippen LogP contribution in [0.2, 0.25) is 0 Å². The number of nitrogens with zero attached hydrogens (tertiary/aromatic N) is 4. The first-order valence-corrected chi connectivity index (χ1v) is 8.05. The fraction of sp³-hybridized carbons (Fsp3) is 0.211. The van der Waals surface area contributed by atoms with Crippen LogP contribution in [0.4, 0.5) is 0 Å². The summed E-state index contributed by atoms with van der Waals surface area (Å²) in [5.41, 5.74) is 5.79. The molecule has 5 nitrogen and oxygen atoms in total. The molecule has 0 saturated carbocycles. The summed E-state index contributed by atoms with van der Waals surface area (Å²) in [6, 6.07) is 10.5. The van der Waals surface area contributed by atoms with Crippen LogP contribution in [0.1, 0.15) is 29.4 Å². The number of para-hydroxylation sites is 2. The topological polar surface area (TPSA) is 61.5 Å². The molecule has 0 aliphatic heterocycles. The van der Waals surface area contributed by atoms with E-state index in [1.807, 2.05) is 44.4 Å². The molecular formula is C19H18N5+. The highest BCUT2D eigenvalue weighted by molar-refractivity contribution is 5.77. The minimum Gasteiger partial charge on any atom is -0.269 e. The molecule has 0 amide bonds. The largest absolute Gasteiger partial charge is 0.269 e. The first-order valence-electron chi connectivity index (χ1n) is 8.05. The molecule has 0 radical (unpaired) electrons. The van der Waals surface area contributed by atoms with Gasteiger partial charge in [0, 0.05) is 12.5 Å². The van der Waals surface area contributed by atoms with Crippen molar-refractivity contribution in [3.8, 4) is 11.9 Å². The molecular weight excluding hydrogens is 298 g/mol. The number of aromatic amines is 1. The quantitative estimate of drug-likeness (QED) is 0.578. The molecule has 0 aliphatic carbocycles. The van der Waals surface area contributed by atoms with Crippen molar-refractivity contribution in [3.63, 3.8) is 0 Å². The van der Waals surface area contributed by atoms with Gasteiger partial charge < -0.3 is 0 Å². The van der Waals surface area contributed by atoms with Crippen LogP contribution >= 0.6 is 0 Å². The molecule has 0 aliphatic rings. The summed E-state index contributed by atoms with van der Waals surface area (Å²) in [7, 11) is 0. The van der Waals surface area contributed by atoms with Crippen LogP contribution < -0.4 is 4.40 Å². The van der Waals surface area contributed by atoms with Crippen molar-refractivity contribution in [1.29, 1.82) is 5.26 Å². The van der Waals surface area contributed by atoms with Crippen molar-refractivity contribution in [3.05, 3.63) is 59.2 Å². The molecule has 4 aromatic rings. The minimum atomic E-state index is 0.699. The van der Waals surface area contributed by atoms with Gasteiger partial charge in [0.1, 0.15) is 22.7 Å². The van der Waals surface area contributed by atoms with Gasteiger partial charge in [-0.25, -0.2) is 9.55 Å². The second kappa shape index (κ2) is 5.20. The molecule has 0 unspecified atom stereocenters. The SMILES string of the molecule is CCc1c(C)c(C#N)c2[nH]c3ccccc3[n+]2c1-n1ccnc1C. The van der Waals surface area contributed by atoms with E-state index in [2.05, 4.69) is 38.0 Å². The molecule has 1 aromatic carbocycles. The number of fused-ring (bicyclic) bond motifs is 3. The Morgan fingerprint density at radius 3 is 2.75 bits per heavy atom. The van der Waals surface area contributed by atoms with E-state index in [4.69, 9.17) is 0 Å². The smallest absolute Gasteiger partial charge is 0.250 e. The maximum atomic E-state index is 9.74. The average Bonchev–Trinajstić information content (AvgIpc) is 3.17. The summed E-state index contributed by atoms with van der Waals surface area (Å²) in [5, 5.41) is 9.74. The van der Waals surface area contributed by atoms with Crippen LogP contribution in [-0.2, 0) is 6.42 Å². The Hall–Kier alpha value is -3.13. The molecule has 3 aromatic heterocycles. The predicted molar refractivity (Wildman–Crippen MR) is 92.1 cm³/mol. The first-order chi connectivity index (χ1) is 11.7. The Bertz CT molecular complexity index is 1120. The van der Waals surface area contributed by atoms with Gasteiger partial charge in [-0.3, -0.25) is 4.98 Å². The number of rotatable bonds is 2. The van der Waals surface area contributed by atoms with Gasteiger partial charge >= 0.3 is 0 Å². The maximum absolute atomic E-state index is 9.74.